The maximum absolute atomic E-state index is 12.0. The first-order valence-electron chi connectivity index (χ1n) is 7.71. The number of anilines is 3. The van der Waals surface area contributed by atoms with Crippen LogP contribution in [0, 0.1) is 0 Å². The van der Waals surface area contributed by atoms with Crippen molar-refractivity contribution >= 4 is 34.4 Å². The van der Waals surface area contributed by atoms with Crippen molar-refractivity contribution in [3.63, 3.8) is 0 Å². The molecule has 2 aromatic heterocycles. The second-order valence-electron chi connectivity index (χ2n) is 5.43. The van der Waals surface area contributed by atoms with E-state index in [1.165, 1.54) is 0 Å². The molecule has 0 atom stereocenters. The highest BCUT2D eigenvalue weighted by molar-refractivity contribution is 7.10. The molecule has 0 spiro atoms. The van der Waals surface area contributed by atoms with E-state index in [0.717, 1.165) is 27.8 Å². The molecule has 0 bridgehead atoms. The summed E-state index contributed by atoms with van der Waals surface area (Å²) in [7, 11) is 0. The maximum atomic E-state index is 12.0. The van der Waals surface area contributed by atoms with Gasteiger partial charge in [-0.3, -0.25) is 4.79 Å². The van der Waals surface area contributed by atoms with Gasteiger partial charge in [0.15, 0.2) is 11.5 Å². The number of thiophene rings is 1. The summed E-state index contributed by atoms with van der Waals surface area (Å²) in [4.78, 5) is 17.3. The Morgan fingerprint density at radius 3 is 2.80 bits per heavy atom. The number of fused-ring (bicyclic) bond motifs is 1. The van der Waals surface area contributed by atoms with Crippen molar-refractivity contribution in [2.75, 3.05) is 17.4 Å². The lowest BCUT2D eigenvalue weighted by atomic mass is 10.2. The van der Waals surface area contributed by atoms with E-state index < -0.39 is 0 Å². The van der Waals surface area contributed by atoms with Gasteiger partial charge in [0.1, 0.15) is 5.82 Å². The average Bonchev–Trinajstić information content (AvgIpc) is 3.27. The number of nitrogens with zero attached hydrogens (tertiary/aromatic N) is 1. The Kier molecular flexibility index (Phi) is 4.22. The van der Waals surface area contributed by atoms with Gasteiger partial charge in [0.2, 0.25) is 12.7 Å². The Labute approximate surface area is 148 Å². The van der Waals surface area contributed by atoms with Crippen molar-refractivity contribution in [3.8, 4) is 11.5 Å². The summed E-state index contributed by atoms with van der Waals surface area (Å²) in [5, 5.41) is 7.99. The van der Waals surface area contributed by atoms with Gasteiger partial charge in [-0.25, -0.2) is 4.98 Å². The zero-order valence-corrected chi connectivity index (χ0v) is 14.0. The number of aromatic nitrogens is 1. The van der Waals surface area contributed by atoms with Crippen molar-refractivity contribution in [2.45, 2.75) is 6.42 Å². The summed E-state index contributed by atoms with van der Waals surface area (Å²) < 4.78 is 10.7. The topological polar surface area (TPSA) is 72.5 Å². The average molecular weight is 353 g/mol. The van der Waals surface area contributed by atoms with Crippen LogP contribution in [-0.2, 0) is 11.2 Å². The van der Waals surface area contributed by atoms with Gasteiger partial charge >= 0.3 is 0 Å². The summed E-state index contributed by atoms with van der Waals surface area (Å²) in [6, 6.07) is 13.1. The van der Waals surface area contributed by atoms with Crippen molar-refractivity contribution in [3.05, 3.63) is 58.9 Å². The predicted octanol–water partition coefficient (Wildman–Crippen LogP) is 3.80. The third kappa shape index (κ3) is 3.72. The zero-order chi connectivity index (χ0) is 17.1. The van der Waals surface area contributed by atoms with E-state index in [0.29, 0.717) is 12.2 Å². The molecule has 0 aliphatic carbocycles. The number of carbonyl (C=O) groups is 1. The van der Waals surface area contributed by atoms with Gasteiger partial charge in [-0.05, 0) is 35.7 Å². The summed E-state index contributed by atoms with van der Waals surface area (Å²) in [5.41, 5.74) is 1.69. The van der Waals surface area contributed by atoms with Gasteiger partial charge in [0, 0.05) is 16.6 Å². The molecule has 25 heavy (non-hydrogen) atoms. The molecule has 1 aliphatic rings. The van der Waals surface area contributed by atoms with Gasteiger partial charge in [0.25, 0.3) is 0 Å². The Morgan fingerprint density at radius 1 is 1.12 bits per heavy atom. The molecule has 0 unspecified atom stereocenters. The van der Waals surface area contributed by atoms with Gasteiger partial charge in [-0.1, -0.05) is 6.07 Å². The van der Waals surface area contributed by atoms with Gasteiger partial charge in [0.05, 0.1) is 18.3 Å². The molecule has 0 radical (unpaired) electrons. The second-order valence-corrected chi connectivity index (χ2v) is 6.46. The Hall–Kier alpha value is -3.06. The minimum absolute atomic E-state index is 0.0774. The molecule has 126 valence electrons. The molecule has 0 fully saturated rings. The van der Waals surface area contributed by atoms with Crippen LogP contribution in [0.1, 0.15) is 4.88 Å². The van der Waals surface area contributed by atoms with Crippen LogP contribution >= 0.6 is 11.3 Å². The normalized spacial score (nSPS) is 12.0. The highest BCUT2D eigenvalue weighted by atomic mass is 32.1. The van der Waals surface area contributed by atoms with Gasteiger partial charge in [-0.2, -0.15) is 0 Å². The van der Waals surface area contributed by atoms with Crippen LogP contribution < -0.4 is 20.1 Å². The van der Waals surface area contributed by atoms with Gasteiger partial charge in [-0.15, -0.1) is 11.3 Å². The maximum Gasteiger partial charge on any atom is 0.231 e. The van der Waals surface area contributed by atoms with Crippen molar-refractivity contribution in [2.24, 2.45) is 0 Å². The van der Waals surface area contributed by atoms with E-state index in [2.05, 4.69) is 15.6 Å². The third-order valence-corrected chi connectivity index (χ3v) is 4.48. The number of nitrogens with one attached hydrogen (secondary N) is 2. The van der Waals surface area contributed by atoms with E-state index in [9.17, 15) is 4.79 Å². The van der Waals surface area contributed by atoms with E-state index in [1.54, 1.807) is 23.6 Å². The lowest BCUT2D eigenvalue weighted by Gasteiger charge is -2.08. The Balaban J connectivity index is 1.37. The van der Waals surface area contributed by atoms with E-state index in [1.807, 2.05) is 41.8 Å². The molecular weight excluding hydrogens is 338 g/mol. The molecular formula is C18H15N3O3S. The van der Waals surface area contributed by atoms with Crippen LogP contribution in [0.15, 0.2) is 54.0 Å². The molecule has 7 heteroatoms. The van der Waals surface area contributed by atoms with Crippen LogP contribution in [0.2, 0.25) is 0 Å². The second kappa shape index (κ2) is 6.82. The molecule has 0 saturated heterocycles. The standard InChI is InChI=1S/C18H15N3O3S/c22-18(9-14-2-1-7-25-14)21-17-6-4-13(10-19-17)20-12-3-5-15-16(8-12)24-11-23-15/h1-8,10,20H,9,11H2,(H,19,21,22). The number of ether oxygens (including phenoxy) is 2. The number of hydrogen-bond acceptors (Lipinski definition) is 6. The first-order chi connectivity index (χ1) is 12.3. The largest absolute Gasteiger partial charge is 0.454 e. The smallest absolute Gasteiger partial charge is 0.231 e. The number of carbonyl (C=O) groups excluding carboxylic acids is 1. The van der Waals surface area contributed by atoms with E-state index in [4.69, 9.17) is 9.47 Å². The van der Waals surface area contributed by atoms with Crippen molar-refractivity contribution < 1.29 is 14.3 Å². The van der Waals surface area contributed by atoms with Crippen LogP contribution in [-0.4, -0.2) is 17.7 Å². The molecule has 0 saturated carbocycles. The molecule has 1 aliphatic heterocycles. The van der Waals surface area contributed by atoms with Crippen LogP contribution in [0.3, 0.4) is 0 Å². The van der Waals surface area contributed by atoms with Crippen molar-refractivity contribution in [1.82, 2.24) is 4.98 Å². The fourth-order valence-corrected chi connectivity index (χ4v) is 3.14. The number of pyridine rings is 1. The first-order valence-corrected chi connectivity index (χ1v) is 8.59. The minimum Gasteiger partial charge on any atom is -0.454 e. The summed E-state index contributed by atoms with van der Waals surface area (Å²) in [6.45, 7) is 0.250. The summed E-state index contributed by atoms with van der Waals surface area (Å²) >= 11 is 1.56. The first kappa shape index (κ1) is 15.5. The molecule has 2 N–H and O–H groups in total. The third-order valence-electron chi connectivity index (χ3n) is 3.61. The van der Waals surface area contributed by atoms with Gasteiger partial charge < -0.3 is 20.1 Å². The number of hydrogen-bond donors (Lipinski definition) is 2. The van der Waals surface area contributed by atoms with Crippen LogP contribution in [0.25, 0.3) is 0 Å². The SMILES string of the molecule is O=C(Cc1cccs1)Nc1ccc(Nc2ccc3c(c2)OCO3)cn1. The van der Waals surface area contributed by atoms with Crippen molar-refractivity contribution in [1.29, 1.82) is 0 Å². The molecule has 1 aromatic carbocycles. The molecule has 4 rings (SSSR count). The fraction of sp³-hybridized carbons (Fsp3) is 0.111. The molecule has 6 nitrogen and oxygen atoms in total. The predicted molar refractivity (Wildman–Crippen MR) is 96.7 cm³/mol. The molecule has 1 amide bonds. The lowest BCUT2D eigenvalue weighted by molar-refractivity contribution is -0.115. The number of rotatable bonds is 5. The highest BCUT2D eigenvalue weighted by Gasteiger charge is 2.13. The number of amides is 1. The van der Waals surface area contributed by atoms with E-state index >= 15 is 0 Å². The number of benzene rings is 1. The summed E-state index contributed by atoms with van der Waals surface area (Å²) in [5.74, 6) is 1.91. The highest BCUT2D eigenvalue weighted by Crippen LogP contribution is 2.35. The quantitative estimate of drug-likeness (QED) is 0.730. The Morgan fingerprint density at radius 2 is 2.00 bits per heavy atom. The van der Waals surface area contributed by atoms with Crippen LogP contribution in [0.4, 0.5) is 17.2 Å². The Bertz CT molecular complexity index is 879. The summed E-state index contributed by atoms with van der Waals surface area (Å²) in [6.07, 6.45) is 2.03. The minimum atomic E-state index is -0.0774. The fourth-order valence-electron chi connectivity index (χ4n) is 2.44. The lowest BCUT2D eigenvalue weighted by Crippen LogP contribution is -2.14. The monoisotopic (exact) mass is 353 g/mol. The molecule has 3 aromatic rings. The zero-order valence-electron chi connectivity index (χ0n) is 13.2. The van der Waals surface area contributed by atoms with Crippen LogP contribution in [0.5, 0.6) is 11.5 Å². The molecule has 3 heterocycles. The van der Waals surface area contributed by atoms with E-state index in [-0.39, 0.29) is 12.7 Å².